The zero-order valence-electron chi connectivity index (χ0n) is 14.2. The smallest absolute Gasteiger partial charge is 0.252 e. The quantitative estimate of drug-likeness (QED) is 0.783. The molecule has 3 rings (SSSR count). The monoisotopic (exact) mass is 323 g/mol. The van der Waals surface area contributed by atoms with Crippen molar-refractivity contribution in [1.29, 1.82) is 0 Å². The molecule has 1 amide bonds. The van der Waals surface area contributed by atoms with Gasteiger partial charge < -0.3 is 5.32 Å². The van der Waals surface area contributed by atoms with Crippen LogP contribution in [0.1, 0.15) is 35.9 Å². The van der Waals surface area contributed by atoms with E-state index in [1.54, 1.807) is 4.52 Å². The highest BCUT2D eigenvalue weighted by atomic mass is 16.1. The van der Waals surface area contributed by atoms with Crippen molar-refractivity contribution in [2.75, 3.05) is 5.32 Å². The highest BCUT2D eigenvalue weighted by Gasteiger charge is 2.14. The van der Waals surface area contributed by atoms with E-state index in [1.165, 1.54) is 11.9 Å². The Labute approximate surface area is 141 Å². The van der Waals surface area contributed by atoms with E-state index in [-0.39, 0.29) is 12.3 Å². The first-order chi connectivity index (χ1) is 11.6. The van der Waals surface area contributed by atoms with Crippen LogP contribution in [0.15, 0.2) is 30.6 Å². The SMILES string of the molecule is CCCc1ccc(NC(=O)Cc2c(C)nc3ncnn3c2C)cc1. The third-order valence-corrected chi connectivity index (χ3v) is 4.10. The molecule has 24 heavy (non-hydrogen) atoms. The minimum atomic E-state index is -0.0642. The van der Waals surface area contributed by atoms with Crippen molar-refractivity contribution in [3.05, 3.63) is 53.1 Å². The van der Waals surface area contributed by atoms with Crippen molar-refractivity contribution in [1.82, 2.24) is 19.6 Å². The third kappa shape index (κ3) is 3.27. The number of anilines is 1. The number of carbonyl (C=O) groups excluding carboxylic acids is 1. The summed E-state index contributed by atoms with van der Waals surface area (Å²) in [6.07, 6.45) is 3.89. The Morgan fingerprint density at radius 2 is 1.96 bits per heavy atom. The summed E-state index contributed by atoms with van der Waals surface area (Å²) in [6.45, 7) is 5.97. The van der Waals surface area contributed by atoms with Crippen LogP contribution in [0.2, 0.25) is 0 Å². The predicted molar refractivity (Wildman–Crippen MR) is 93.0 cm³/mol. The number of hydrogen-bond donors (Lipinski definition) is 1. The van der Waals surface area contributed by atoms with E-state index in [4.69, 9.17) is 0 Å². The van der Waals surface area contributed by atoms with Gasteiger partial charge in [-0.25, -0.2) is 9.50 Å². The Bertz CT molecular complexity index is 867. The molecule has 0 bridgehead atoms. The molecule has 6 nitrogen and oxygen atoms in total. The molecule has 0 radical (unpaired) electrons. The van der Waals surface area contributed by atoms with Gasteiger partial charge in [0.15, 0.2) is 0 Å². The standard InChI is InChI=1S/C18H21N5O/c1-4-5-14-6-8-15(9-7-14)22-17(24)10-16-12(2)21-18-19-11-20-23(18)13(16)3/h6-9,11H,4-5,10H2,1-3H3,(H,22,24). The molecule has 0 spiro atoms. The van der Waals surface area contributed by atoms with Crippen molar-refractivity contribution >= 4 is 17.4 Å². The first-order valence-electron chi connectivity index (χ1n) is 8.13. The zero-order valence-corrected chi connectivity index (χ0v) is 14.2. The van der Waals surface area contributed by atoms with E-state index in [0.717, 1.165) is 35.5 Å². The molecule has 0 atom stereocenters. The molecule has 1 N–H and O–H groups in total. The largest absolute Gasteiger partial charge is 0.326 e. The molecular formula is C18H21N5O. The second-order valence-corrected chi connectivity index (χ2v) is 5.90. The predicted octanol–water partition coefficient (Wildman–Crippen LogP) is 2.87. The average Bonchev–Trinajstić information content (AvgIpc) is 3.02. The minimum absolute atomic E-state index is 0.0642. The van der Waals surface area contributed by atoms with Gasteiger partial charge in [-0.2, -0.15) is 10.1 Å². The van der Waals surface area contributed by atoms with Gasteiger partial charge in [0.1, 0.15) is 6.33 Å². The number of rotatable bonds is 5. The van der Waals surface area contributed by atoms with Gasteiger partial charge >= 0.3 is 0 Å². The number of carbonyl (C=O) groups is 1. The molecule has 0 saturated heterocycles. The van der Waals surface area contributed by atoms with Gasteiger partial charge in [0.25, 0.3) is 5.78 Å². The Kier molecular flexibility index (Phi) is 4.55. The highest BCUT2D eigenvalue weighted by molar-refractivity contribution is 5.92. The summed E-state index contributed by atoms with van der Waals surface area (Å²) in [7, 11) is 0. The van der Waals surface area contributed by atoms with Crippen LogP contribution in [0, 0.1) is 13.8 Å². The highest BCUT2D eigenvalue weighted by Crippen LogP contribution is 2.15. The molecule has 2 heterocycles. The van der Waals surface area contributed by atoms with Crippen LogP contribution in [0.4, 0.5) is 5.69 Å². The average molecular weight is 323 g/mol. The maximum absolute atomic E-state index is 12.4. The van der Waals surface area contributed by atoms with Gasteiger partial charge in [0.05, 0.1) is 6.42 Å². The van der Waals surface area contributed by atoms with Gasteiger partial charge in [-0.3, -0.25) is 4.79 Å². The number of aryl methyl sites for hydroxylation is 3. The lowest BCUT2D eigenvalue weighted by Crippen LogP contribution is -2.17. The van der Waals surface area contributed by atoms with Crippen molar-refractivity contribution in [3.63, 3.8) is 0 Å². The lowest BCUT2D eigenvalue weighted by molar-refractivity contribution is -0.115. The van der Waals surface area contributed by atoms with Crippen molar-refractivity contribution < 1.29 is 4.79 Å². The van der Waals surface area contributed by atoms with E-state index >= 15 is 0 Å². The fourth-order valence-electron chi connectivity index (χ4n) is 2.82. The van der Waals surface area contributed by atoms with Crippen molar-refractivity contribution in [2.45, 2.75) is 40.0 Å². The molecule has 0 aliphatic rings. The van der Waals surface area contributed by atoms with Crippen LogP contribution in [-0.4, -0.2) is 25.5 Å². The summed E-state index contributed by atoms with van der Waals surface area (Å²) >= 11 is 0. The molecule has 1 aromatic carbocycles. The first kappa shape index (κ1) is 16.1. The fourth-order valence-corrected chi connectivity index (χ4v) is 2.82. The van der Waals surface area contributed by atoms with Gasteiger partial charge in [0.2, 0.25) is 5.91 Å². The lowest BCUT2D eigenvalue weighted by atomic mass is 10.1. The molecular weight excluding hydrogens is 302 g/mol. The molecule has 2 aromatic heterocycles. The Morgan fingerprint density at radius 3 is 2.67 bits per heavy atom. The van der Waals surface area contributed by atoms with Crippen LogP contribution in [0.3, 0.4) is 0 Å². The summed E-state index contributed by atoms with van der Waals surface area (Å²) in [5, 5.41) is 7.09. The molecule has 0 saturated carbocycles. The van der Waals surface area contributed by atoms with Gasteiger partial charge in [-0.1, -0.05) is 25.5 Å². The van der Waals surface area contributed by atoms with Gasteiger partial charge in [-0.05, 0) is 38.0 Å². The summed E-state index contributed by atoms with van der Waals surface area (Å²) in [5.41, 5.74) is 4.67. The topological polar surface area (TPSA) is 72.2 Å². The number of nitrogens with one attached hydrogen (secondary N) is 1. The molecule has 0 aliphatic carbocycles. The van der Waals surface area contributed by atoms with Crippen LogP contribution < -0.4 is 5.32 Å². The Hall–Kier alpha value is -2.76. The molecule has 6 heteroatoms. The summed E-state index contributed by atoms with van der Waals surface area (Å²) in [4.78, 5) is 20.9. The second-order valence-electron chi connectivity index (χ2n) is 5.90. The molecule has 124 valence electrons. The Morgan fingerprint density at radius 1 is 1.21 bits per heavy atom. The van der Waals surface area contributed by atoms with Crippen LogP contribution in [0.5, 0.6) is 0 Å². The summed E-state index contributed by atoms with van der Waals surface area (Å²) < 4.78 is 1.66. The normalized spacial score (nSPS) is 11.0. The molecule has 3 aromatic rings. The van der Waals surface area contributed by atoms with Crippen molar-refractivity contribution in [3.8, 4) is 0 Å². The Balaban J connectivity index is 1.75. The summed E-state index contributed by atoms with van der Waals surface area (Å²) in [6, 6.07) is 8.00. The van der Waals surface area contributed by atoms with E-state index < -0.39 is 0 Å². The lowest BCUT2D eigenvalue weighted by Gasteiger charge is -2.11. The number of benzene rings is 1. The maximum atomic E-state index is 12.4. The number of aromatic nitrogens is 4. The zero-order chi connectivity index (χ0) is 17.1. The molecule has 0 aliphatic heterocycles. The number of nitrogens with zero attached hydrogens (tertiary/aromatic N) is 4. The summed E-state index contributed by atoms with van der Waals surface area (Å²) in [5.74, 6) is 0.492. The number of hydrogen-bond acceptors (Lipinski definition) is 4. The third-order valence-electron chi connectivity index (χ3n) is 4.10. The maximum Gasteiger partial charge on any atom is 0.252 e. The molecule has 0 fully saturated rings. The van der Waals surface area contributed by atoms with Crippen molar-refractivity contribution in [2.24, 2.45) is 0 Å². The van der Waals surface area contributed by atoms with E-state index in [1.807, 2.05) is 26.0 Å². The van der Waals surface area contributed by atoms with E-state index in [9.17, 15) is 4.79 Å². The van der Waals surface area contributed by atoms with E-state index in [0.29, 0.717) is 5.78 Å². The van der Waals surface area contributed by atoms with Gasteiger partial charge in [0, 0.05) is 22.6 Å². The van der Waals surface area contributed by atoms with Crippen LogP contribution in [0.25, 0.3) is 5.78 Å². The van der Waals surface area contributed by atoms with E-state index in [2.05, 4.69) is 39.4 Å². The number of fused-ring (bicyclic) bond motifs is 1. The second kappa shape index (κ2) is 6.78. The minimum Gasteiger partial charge on any atom is -0.326 e. The van der Waals surface area contributed by atoms with Crippen LogP contribution in [-0.2, 0) is 17.6 Å². The fraction of sp³-hybridized carbons (Fsp3) is 0.333. The molecule has 0 unspecified atom stereocenters. The van der Waals surface area contributed by atoms with Crippen LogP contribution >= 0.6 is 0 Å². The first-order valence-corrected chi connectivity index (χ1v) is 8.13. The van der Waals surface area contributed by atoms with Gasteiger partial charge in [-0.15, -0.1) is 0 Å². The number of amides is 1.